The second kappa shape index (κ2) is 8.96. The van der Waals surface area contributed by atoms with Crippen LogP contribution >= 0.6 is 0 Å². The standard InChI is InChI=1S/C14H27N3O4/c1-10(18)8-17(9-11(2)19)6-4-3-5-12-14(21)15-7-13(20)16-12/h10-12,18-19H,3-9H2,1-2H3,(H,15,21)(H,16,20). The highest BCUT2D eigenvalue weighted by molar-refractivity contribution is 5.94. The Bertz CT molecular complexity index is 337. The zero-order valence-corrected chi connectivity index (χ0v) is 12.8. The number of hydrogen-bond acceptors (Lipinski definition) is 5. The zero-order chi connectivity index (χ0) is 15.8. The van der Waals surface area contributed by atoms with Gasteiger partial charge in [-0.1, -0.05) is 0 Å². The molecule has 0 aromatic heterocycles. The van der Waals surface area contributed by atoms with E-state index in [9.17, 15) is 19.8 Å². The third-order valence-electron chi connectivity index (χ3n) is 3.34. The fourth-order valence-electron chi connectivity index (χ4n) is 2.49. The molecule has 1 aliphatic heterocycles. The molecule has 21 heavy (non-hydrogen) atoms. The van der Waals surface area contributed by atoms with Gasteiger partial charge in [-0.2, -0.15) is 0 Å². The molecule has 1 aliphatic rings. The van der Waals surface area contributed by atoms with Gasteiger partial charge in [0.05, 0.1) is 18.8 Å². The normalized spacial score (nSPS) is 21.9. The lowest BCUT2D eigenvalue weighted by Gasteiger charge is -2.26. The molecule has 0 bridgehead atoms. The summed E-state index contributed by atoms with van der Waals surface area (Å²) >= 11 is 0. The Balaban J connectivity index is 2.26. The van der Waals surface area contributed by atoms with Crippen molar-refractivity contribution < 1.29 is 19.8 Å². The summed E-state index contributed by atoms with van der Waals surface area (Å²) in [6.45, 7) is 5.29. The Hall–Kier alpha value is -1.18. The third kappa shape index (κ3) is 7.40. The summed E-state index contributed by atoms with van der Waals surface area (Å²) in [7, 11) is 0. The number of aliphatic hydroxyl groups excluding tert-OH is 2. The molecule has 0 aliphatic carbocycles. The van der Waals surface area contributed by atoms with Crippen molar-refractivity contribution in [2.24, 2.45) is 0 Å². The number of aliphatic hydroxyl groups is 2. The van der Waals surface area contributed by atoms with E-state index in [1.54, 1.807) is 13.8 Å². The molecule has 0 spiro atoms. The van der Waals surface area contributed by atoms with Crippen molar-refractivity contribution in [3.8, 4) is 0 Å². The Morgan fingerprint density at radius 3 is 2.38 bits per heavy atom. The molecule has 7 heteroatoms. The SMILES string of the molecule is CC(O)CN(CCCCC1NC(=O)CNC1=O)CC(C)O. The Labute approximate surface area is 125 Å². The molecule has 1 saturated heterocycles. The Kier molecular flexibility index (Phi) is 7.63. The smallest absolute Gasteiger partial charge is 0.243 e. The number of carbonyl (C=O) groups excluding carboxylic acids is 2. The van der Waals surface area contributed by atoms with Crippen LogP contribution in [0.1, 0.15) is 33.1 Å². The zero-order valence-electron chi connectivity index (χ0n) is 12.8. The molecule has 7 nitrogen and oxygen atoms in total. The highest BCUT2D eigenvalue weighted by atomic mass is 16.3. The van der Waals surface area contributed by atoms with E-state index in [0.717, 1.165) is 19.4 Å². The van der Waals surface area contributed by atoms with E-state index in [-0.39, 0.29) is 18.4 Å². The van der Waals surface area contributed by atoms with Gasteiger partial charge in [0.2, 0.25) is 11.8 Å². The maximum Gasteiger partial charge on any atom is 0.243 e. The van der Waals surface area contributed by atoms with Gasteiger partial charge in [-0.15, -0.1) is 0 Å². The minimum atomic E-state index is -0.438. The van der Waals surface area contributed by atoms with Gasteiger partial charge in [-0.25, -0.2) is 0 Å². The summed E-state index contributed by atoms with van der Waals surface area (Å²) in [6, 6.07) is -0.437. The summed E-state index contributed by atoms with van der Waals surface area (Å²) in [5, 5.41) is 24.1. The molecular weight excluding hydrogens is 274 g/mol. The van der Waals surface area contributed by atoms with Crippen LogP contribution in [0.3, 0.4) is 0 Å². The molecule has 0 aromatic rings. The van der Waals surface area contributed by atoms with E-state index in [2.05, 4.69) is 10.6 Å². The first-order valence-corrected chi connectivity index (χ1v) is 7.54. The number of unbranched alkanes of at least 4 members (excludes halogenated alkanes) is 1. The summed E-state index contributed by atoms with van der Waals surface area (Å²) in [6.07, 6.45) is 1.38. The molecule has 0 aromatic carbocycles. The third-order valence-corrected chi connectivity index (χ3v) is 3.34. The summed E-state index contributed by atoms with van der Waals surface area (Å²) in [5.41, 5.74) is 0. The van der Waals surface area contributed by atoms with Crippen LogP contribution < -0.4 is 10.6 Å². The van der Waals surface area contributed by atoms with E-state index in [1.165, 1.54) is 0 Å². The van der Waals surface area contributed by atoms with Crippen molar-refractivity contribution in [3.05, 3.63) is 0 Å². The minimum absolute atomic E-state index is 0.0614. The van der Waals surface area contributed by atoms with Crippen LogP contribution in [0, 0.1) is 0 Å². The topological polar surface area (TPSA) is 102 Å². The minimum Gasteiger partial charge on any atom is -0.392 e. The van der Waals surface area contributed by atoms with E-state index < -0.39 is 18.2 Å². The van der Waals surface area contributed by atoms with Crippen LogP contribution in [0.25, 0.3) is 0 Å². The van der Waals surface area contributed by atoms with Gasteiger partial charge in [0.15, 0.2) is 0 Å². The predicted molar refractivity (Wildman–Crippen MR) is 78.6 cm³/mol. The number of hydrogen-bond donors (Lipinski definition) is 4. The number of amides is 2. The Morgan fingerprint density at radius 1 is 1.19 bits per heavy atom. The monoisotopic (exact) mass is 301 g/mol. The van der Waals surface area contributed by atoms with Crippen molar-refractivity contribution in [1.82, 2.24) is 15.5 Å². The molecule has 1 heterocycles. The van der Waals surface area contributed by atoms with Gasteiger partial charge in [-0.05, 0) is 39.7 Å². The molecule has 3 unspecified atom stereocenters. The van der Waals surface area contributed by atoms with Crippen molar-refractivity contribution in [2.75, 3.05) is 26.2 Å². The first-order chi connectivity index (χ1) is 9.88. The average molecular weight is 301 g/mol. The van der Waals surface area contributed by atoms with Gasteiger partial charge in [0, 0.05) is 13.1 Å². The largest absolute Gasteiger partial charge is 0.392 e. The van der Waals surface area contributed by atoms with Crippen molar-refractivity contribution in [1.29, 1.82) is 0 Å². The quantitative estimate of drug-likeness (QED) is 0.402. The van der Waals surface area contributed by atoms with Crippen LogP contribution in [0.2, 0.25) is 0 Å². The lowest BCUT2D eigenvalue weighted by atomic mass is 10.1. The van der Waals surface area contributed by atoms with Crippen LogP contribution in [-0.4, -0.2) is 71.4 Å². The van der Waals surface area contributed by atoms with Crippen LogP contribution in [-0.2, 0) is 9.59 Å². The van der Waals surface area contributed by atoms with Gasteiger partial charge >= 0.3 is 0 Å². The molecule has 0 saturated carbocycles. The number of piperazine rings is 1. The van der Waals surface area contributed by atoms with Crippen molar-refractivity contribution in [3.63, 3.8) is 0 Å². The molecule has 1 rings (SSSR count). The summed E-state index contributed by atoms with van der Waals surface area (Å²) < 4.78 is 0. The highest BCUT2D eigenvalue weighted by Crippen LogP contribution is 2.06. The average Bonchev–Trinajstić information content (AvgIpc) is 2.37. The summed E-state index contributed by atoms with van der Waals surface area (Å²) in [4.78, 5) is 24.8. The maximum atomic E-state index is 11.6. The Morgan fingerprint density at radius 2 is 1.81 bits per heavy atom. The first-order valence-electron chi connectivity index (χ1n) is 7.54. The van der Waals surface area contributed by atoms with Crippen LogP contribution in [0.15, 0.2) is 0 Å². The molecule has 1 fully saturated rings. The fraction of sp³-hybridized carbons (Fsp3) is 0.857. The first kappa shape index (κ1) is 17.9. The maximum absolute atomic E-state index is 11.6. The van der Waals surface area contributed by atoms with Gasteiger partial charge in [-0.3, -0.25) is 14.5 Å². The molecular formula is C14H27N3O4. The van der Waals surface area contributed by atoms with Gasteiger partial charge in [0.1, 0.15) is 6.04 Å². The number of nitrogens with zero attached hydrogens (tertiary/aromatic N) is 1. The number of carbonyl (C=O) groups is 2. The highest BCUT2D eigenvalue weighted by Gasteiger charge is 2.25. The fourth-order valence-corrected chi connectivity index (χ4v) is 2.49. The van der Waals surface area contributed by atoms with E-state index in [0.29, 0.717) is 19.5 Å². The summed E-state index contributed by atoms with van der Waals surface area (Å²) in [5.74, 6) is -0.274. The molecule has 0 radical (unpaired) electrons. The van der Waals surface area contributed by atoms with E-state index >= 15 is 0 Å². The van der Waals surface area contributed by atoms with Crippen molar-refractivity contribution >= 4 is 11.8 Å². The predicted octanol–water partition coefficient (Wildman–Crippen LogP) is -1.17. The van der Waals surface area contributed by atoms with E-state index in [1.807, 2.05) is 4.90 Å². The van der Waals surface area contributed by atoms with E-state index in [4.69, 9.17) is 0 Å². The second-order valence-corrected chi connectivity index (χ2v) is 5.79. The lowest BCUT2D eigenvalue weighted by molar-refractivity contribution is -0.133. The molecule has 4 N–H and O–H groups in total. The van der Waals surface area contributed by atoms with Crippen molar-refractivity contribution in [2.45, 2.75) is 51.4 Å². The second-order valence-electron chi connectivity index (χ2n) is 5.79. The molecule has 3 atom stereocenters. The van der Waals surface area contributed by atoms with Crippen LogP contribution in [0.4, 0.5) is 0 Å². The number of nitrogens with one attached hydrogen (secondary N) is 2. The lowest BCUT2D eigenvalue weighted by Crippen LogP contribution is -2.56. The number of rotatable bonds is 9. The molecule has 122 valence electrons. The van der Waals surface area contributed by atoms with Crippen LogP contribution in [0.5, 0.6) is 0 Å². The van der Waals surface area contributed by atoms with Gasteiger partial charge < -0.3 is 20.8 Å². The van der Waals surface area contributed by atoms with Gasteiger partial charge in [0.25, 0.3) is 0 Å². The molecule has 2 amide bonds.